The molecule has 0 bridgehead atoms. The van der Waals surface area contributed by atoms with Gasteiger partial charge in [0.1, 0.15) is 11.9 Å². The molecule has 0 atom stereocenters. The van der Waals surface area contributed by atoms with Gasteiger partial charge in [-0.05, 0) is 35.9 Å². The van der Waals surface area contributed by atoms with Gasteiger partial charge in [0.2, 0.25) is 0 Å². The summed E-state index contributed by atoms with van der Waals surface area (Å²) in [5, 5.41) is 13.9. The summed E-state index contributed by atoms with van der Waals surface area (Å²) >= 11 is 9.70. The molecule has 0 aliphatic rings. The Morgan fingerprint density at radius 2 is 2.06 bits per heavy atom. The molecule has 0 unspecified atom stereocenters. The number of ether oxygens (including phenoxy) is 2. The fourth-order valence-corrected chi connectivity index (χ4v) is 3.56. The van der Waals surface area contributed by atoms with Crippen molar-refractivity contribution < 1.29 is 9.47 Å². The first kappa shape index (κ1) is 22.8. The zero-order chi connectivity index (χ0) is 22.8. The lowest BCUT2D eigenvalue weighted by Gasteiger charge is -2.21. The predicted octanol–water partition coefficient (Wildman–Crippen LogP) is 4.90. The van der Waals surface area contributed by atoms with Crippen molar-refractivity contribution in [3.63, 3.8) is 0 Å². The van der Waals surface area contributed by atoms with Gasteiger partial charge in [0.25, 0.3) is 5.56 Å². The van der Waals surface area contributed by atoms with Gasteiger partial charge in [0.15, 0.2) is 18.1 Å². The van der Waals surface area contributed by atoms with E-state index in [1.807, 2.05) is 32.9 Å². The van der Waals surface area contributed by atoms with Crippen LogP contribution in [-0.2, 0) is 5.41 Å². The molecule has 7 nitrogen and oxygen atoms in total. The van der Waals surface area contributed by atoms with Crippen LogP contribution < -0.4 is 15.0 Å². The van der Waals surface area contributed by atoms with Gasteiger partial charge < -0.3 is 9.47 Å². The molecular formula is C22H20BrClN4O3. The van der Waals surface area contributed by atoms with Gasteiger partial charge in [-0.15, -0.1) is 0 Å². The van der Waals surface area contributed by atoms with Crippen LogP contribution >= 0.6 is 27.5 Å². The number of hydrogen-bond donors (Lipinski definition) is 0. The number of benzene rings is 2. The van der Waals surface area contributed by atoms with E-state index in [1.165, 1.54) is 18.0 Å². The monoisotopic (exact) mass is 502 g/mol. The topological polar surface area (TPSA) is 89.5 Å². The minimum absolute atomic E-state index is 0.161. The van der Waals surface area contributed by atoms with Crippen molar-refractivity contribution in [3.05, 3.63) is 61.6 Å². The molecule has 0 saturated heterocycles. The van der Waals surface area contributed by atoms with Gasteiger partial charge in [-0.1, -0.05) is 48.3 Å². The lowest BCUT2D eigenvalue weighted by molar-refractivity contribution is 0.330. The fraction of sp³-hybridized carbons (Fsp3) is 0.273. The third-order valence-corrected chi connectivity index (χ3v) is 5.11. The highest BCUT2D eigenvalue weighted by Gasteiger charge is 2.23. The lowest BCUT2D eigenvalue weighted by Crippen LogP contribution is -2.29. The third-order valence-electron chi connectivity index (χ3n) is 4.33. The van der Waals surface area contributed by atoms with E-state index >= 15 is 0 Å². The van der Waals surface area contributed by atoms with E-state index in [9.17, 15) is 4.79 Å². The second-order valence-electron chi connectivity index (χ2n) is 7.69. The van der Waals surface area contributed by atoms with E-state index in [0.29, 0.717) is 28.0 Å². The quantitative estimate of drug-likeness (QED) is 0.462. The van der Waals surface area contributed by atoms with Crippen molar-refractivity contribution in [2.75, 3.05) is 13.7 Å². The fourth-order valence-electron chi connectivity index (χ4n) is 2.92. The standard InChI is InChI=1S/C22H20BrClN4O3/c1-22(2,3)21-27-17-6-5-14(23)11-15(17)20(29)28(21)26-12-13-9-16(24)19(31-8-7-25)18(10-13)30-4/h5-6,9-12H,8H2,1-4H3. The predicted molar refractivity (Wildman–Crippen MR) is 125 cm³/mol. The summed E-state index contributed by atoms with van der Waals surface area (Å²) in [4.78, 5) is 17.9. The van der Waals surface area contributed by atoms with Crippen LogP contribution in [0, 0.1) is 11.3 Å². The Bertz CT molecular complexity index is 1270. The minimum Gasteiger partial charge on any atom is -0.493 e. The Balaban J connectivity index is 2.15. The van der Waals surface area contributed by atoms with Crippen LogP contribution in [0.4, 0.5) is 0 Å². The number of fused-ring (bicyclic) bond motifs is 1. The van der Waals surface area contributed by atoms with Crippen LogP contribution in [0.3, 0.4) is 0 Å². The van der Waals surface area contributed by atoms with E-state index in [0.717, 1.165) is 4.47 Å². The molecule has 1 aromatic heterocycles. The average Bonchev–Trinajstić information content (AvgIpc) is 2.71. The van der Waals surface area contributed by atoms with Crippen molar-refractivity contribution in [3.8, 4) is 17.6 Å². The molecule has 0 N–H and O–H groups in total. The molecule has 31 heavy (non-hydrogen) atoms. The number of rotatable bonds is 5. The Labute approximate surface area is 193 Å². The van der Waals surface area contributed by atoms with E-state index in [4.69, 9.17) is 26.3 Å². The number of halogens is 2. The summed E-state index contributed by atoms with van der Waals surface area (Å²) in [6.07, 6.45) is 1.50. The van der Waals surface area contributed by atoms with Crippen LogP contribution in [-0.4, -0.2) is 29.6 Å². The maximum atomic E-state index is 13.2. The molecule has 3 aromatic rings. The number of nitrogens with zero attached hydrogens (tertiary/aromatic N) is 4. The summed E-state index contributed by atoms with van der Waals surface area (Å²) in [6.45, 7) is 5.73. The number of aromatic nitrogens is 2. The first-order valence-electron chi connectivity index (χ1n) is 9.30. The third kappa shape index (κ3) is 4.89. The minimum atomic E-state index is -0.428. The highest BCUT2D eigenvalue weighted by molar-refractivity contribution is 9.10. The zero-order valence-corrected chi connectivity index (χ0v) is 19.8. The molecule has 1 heterocycles. The molecule has 9 heteroatoms. The summed E-state index contributed by atoms with van der Waals surface area (Å²) < 4.78 is 12.7. The second-order valence-corrected chi connectivity index (χ2v) is 9.01. The maximum Gasteiger partial charge on any atom is 0.282 e. The zero-order valence-electron chi connectivity index (χ0n) is 17.4. The van der Waals surface area contributed by atoms with Crippen molar-refractivity contribution in [1.82, 2.24) is 9.66 Å². The highest BCUT2D eigenvalue weighted by atomic mass is 79.9. The highest BCUT2D eigenvalue weighted by Crippen LogP contribution is 2.36. The van der Waals surface area contributed by atoms with Gasteiger partial charge in [0.05, 0.1) is 29.2 Å². The molecule has 0 saturated carbocycles. The molecule has 0 amide bonds. The lowest BCUT2D eigenvalue weighted by atomic mass is 9.95. The molecule has 0 fully saturated rings. The number of hydrogen-bond acceptors (Lipinski definition) is 6. The van der Waals surface area contributed by atoms with Gasteiger partial charge in [0, 0.05) is 9.89 Å². The Morgan fingerprint density at radius 3 is 2.71 bits per heavy atom. The summed E-state index contributed by atoms with van der Waals surface area (Å²) in [5.41, 5.74) is 0.488. The largest absolute Gasteiger partial charge is 0.493 e. The van der Waals surface area contributed by atoms with Gasteiger partial charge in [-0.2, -0.15) is 15.0 Å². The number of methoxy groups -OCH3 is 1. The summed E-state index contributed by atoms with van der Waals surface area (Å²) in [6, 6.07) is 10.5. The molecule has 0 aliphatic carbocycles. The van der Waals surface area contributed by atoms with Crippen molar-refractivity contribution in [1.29, 1.82) is 5.26 Å². The molecule has 0 spiro atoms. The van der Waals surface area contributed by atoms with Crippen molar-refractivity contribution in [2.24, 2.45) is 5.10 Å². The molecule has 3 rings (SSSR count). The first-order valence-corrected chi connectivity index (χ1v) is 10.5. The van der Waals surface area contributed by atoms with Crippen LogP contribution in [0.15, 0.2) is 44.7 Å². The Kier molecular flexibility index (Phi) is 6.68. The van der Waals surface area contributed by atoms with Crippen molar-refractivity contribution >= 4 is 44.6 Å². The van der Waals surface area contributed by atoms with Gasteiger partial charge in [-0.25, -0.2) is 4.98 Å². The first-order chi connectivity index (χ1) is 14.7. The second kappa shape index (κ2) is 9.08. The molecule has 2 aromatic carbocycles. The van der Waals surface area contributed by atoms with Gasteiger partial charge in [-0.3, -0.25) is 4.79 Å². The smallest absolute Gasteiger partial charge is 0.282 e. The summed E-state index contributed by atoms with van der Waals surface area (Å²) in [7, 11) is 1.47. The summed E-state index contributed by atoms with van der Waals surface area (Å²) in [5.74, 6) is 1.15. The number of nitriles is 1. The normalized spacial score (nSPS) is 11.6. The average molecular weight is 504 g/mol. The Hall–Kier alpha value is -2.89. The van der Waals surface area contributed by atoms with Crippen molar-refractivity contribution in [2.45, 2.75) is 26.2 Å². The van der Waals surface area contributed by atoms with Crippen LogP contribution in [0.2, 0.25) is 5.02 Å². The maximum absolute atomic E-state index is 13.2. The molecule has 0 radical (unpaired) electrons. The molecule has 160 valence electrons. The SMILES string of the molecule is COc1cc(C=Nn2c(C(C)(C)C)nc3ccc(Br)cc3c2=O)cc(Cl)c1OCC#N. The van der Waals surface area contributed by atoms with E-state index in [-0.39, 0.29) is 22.9 Å². The Morgan fingerprint density at radius 1 is 1.32 bits per heavy atom. The van der Waals surface area contributed by atoms with Gasteiger partial charge >= 0.3 is 0 Å². The van der Waals surface area contributed by atoms with E-state index in [2.05, 4.69) is 26.0 Å². The van der Waals surface area contributed by atoms with Crippen LogP contribution in [0.1, 0.15) is 32.2 Å². The molecular weight excluding hydrogens is 484 g/mol. The van der Waals surface area contributed by atoms with E-state index in [1.54, 1.807) is 24.3 Å². The van der Waals surface area contributed by atoms with Crippen LogP contribution in [0.25, 0.3) is 10.9 Å². The molecule has 0 aliphatic heterocycles. The van der Waals surface area contributed by atoms with Crippen LogP contribution in [0.5, 0.6) is 11.5 Å². The van der Waals surface area contributed by atoms with E-state index < -0.39 is 5.41 Å².